The van der Waals surface area contributed by atoms with Crippen LogP contribution in [-0.4, -0.2) is 24.0 Å². The van der Waals surface area contributed by atoms with Crippen molar-refractivity contribution in [3.05, 3.63) is 42.5 Å². The van der Waals surface area contributed by atoms with Crippen LogP contribution >= 0.6 is 0 Å². The van der Waals surface area contributed by atoms with Gasteiger partial charge >= 0.3 is 0 Å². The van der Waals surface area contributed by atoms with E-state index in [1.54, 1.807) is 12.1 Å². The molecular weight excluding hydrogens is 242 g/mol. The van der Waals surface area contributed by atoms with E-state index in [0.29, 0.717) is 5.69 Å². The van der Waals surface area contributed by atoms with Crippen molar-refractivity contribution in [3.63, 3.8) is 0 Å². The van der Waals surface area contributed by atoms with Crippen molar-refractivity contribution < 1.29 is 14.3 Å². The number of imide groups is 1. The number of ether oxygens (including phenoxy) is 1. The molecule has 0 aromatic heterocycles. The molecule has 98 valence electrons. The molecule has 0 radical (unpaired) electrons. The number of fused-ring (bicyclic) bond motifs is 5. The lowest BCUT2D eigenvalue weighted by atomic mass is 9.85. The van der Waals surface area contributed by atoms with Gasteiger partial charge in [0.25, 0.3) is 0 Å². The summed E-state index contributed by atoms with van der Waals surface area (Å²) >= 11 is 0. The Morgan fingerprint density at radius 3 is 1.95 bits per heavy atom. The highest BCUT2D eigenvalue weighted by Crippen LogP contribution is 2.46. The minimum absolute atomic E-state index is 0. The van der Waals surface area contributed by atoms with Crippen molar-refractivity contribution in [2.24, 2.45) is 11.8 Å². The van der Waals surface area contributed by atoms with Crippen LogP contribution in [0.3, 0.4) is 0 Å². The van der Waals surface area contributed by atoms with E-state index in [1.807, 2.05) is 30.4 Å². The van der Waals surface area contributed by atoms with E-state index in [1.165, 1.54) is 4.90 Å². The Morgan fingerprint density at radius 1 is 0.895 bits per heavy atom. The summed E-state index contributed by atoms with van der Waals surface area (Å²) in [7, 11) is 0. The molecule has 3 heterocycles. The molecule has 19 heavy (non-hydrogen) atoms. The van der Waals surface area contributed by atoms with Gasteiger partial charge in [0.15, 0.2) is 0 Å². The van der Waals surface area contributed by atoms with Crippen LogP contribution in [-0.2, 0) is 14.3 Å². The molecule has 2 fully saturated rings. The molecule has 0 spiro atoms. The van der Waals surface area contributed by atoms with Crippen molar-refractivity contribution in [2.45, 2.75) is 19.6 Å². The molecule has 1 aromatic carbocycles. The molecule has 2 saturated heterocycles. The molecule has 0 N–H and O–H groups in total. The Hall–Kier alpha value is -1.94. The minimum atomic E-state index is -0.326. The molecule has 4 heteroatoms. The zero-order chi connectivity index (χ0) is 12.3. The molecule has 2 bridgehead atoms. The lowest BCUT2D eigenvalue weighted by molar-refractivity contribution is -0.124. The van der Waals surface area contributed by atoms with Crippen LogP contribution in [0, 0.1) is 11.8 Å². The van der Waals surface area contributed by atoms with Crippen LogP contribution in [0.15, 0.2) is 42.5 Å². The van der Waals surface area contributed by atoms with Gasteiger partial charge in [0.05, 0.1) is 29.7 Å². The molecule has 1 aromatic rings. The molecule has 4 rings (SSSR count). The average Bonchev–Trinajstić information content (AvgIpc) is 3.05. The average molecular weight is 257 g/mol. The summed E-state index contributed by atoms with van der Waals surface area (Å²) in [5.74, 6) is -0.915. The molecular formula is C15H15NO3. The fraction of sp³-hybridized carbons (Fsp3) is 0.333. The van der Waals surface area contributed by atoms with E-state index in [4.69, 9.17) is 4.74 Å². The number of anilines is 1. The topological polar surface area (TPSA) is 46.6 Å². The molecule has 0 aliphatic carbocycles. The number of carbonyl (C=O) groups excluding carboxylic acids is 2. The number of para-hydroxylation sites is 1. The van der Waals surface area contributed by atoms with Crippen LogP contribution in [0.25, 0.3) is 0 Å². The number of rotatable bonds is 1. The molecule has 4 atom stereocenters. The standard InChI is InChI=1S/C14H11NO3.CH4/c16-13-11-9-6-7-10(18-9)12(11)14(17)15(13)8-4-2-1-3-5-8;/h1-7,9-12H;1H4. The zero-order valence-corrected chi connectivity index (χ0v) is 9.52. The first-order valence-electron chi connectivity index (χ1n) is 6.04. The molecule has 2 amide bonds. The lowest BCUT2D eigenvalue weighted by Gasteiger charge is -2.17. The third kappa shape index (κ3) is 1.43. The summed E-state index contributed by atoms with van der Waals surface area (Å²) in [6, 6.07) is 9.09. The second-order valence-corrected chi connectivity index (χ2v) is 4.85. The normalized spacial score (nSPS) is 34.6. The highest BCUT2D eigenvalue weighted by atomic mass is 16.5. The van der Waals surface area contributed by atoms with Gasteiger partial charge in [-0.1, -0.05) is 37.8 Å². The van der Waals surface area contributed by atoms with Gasteiger partial charge in [-0.05, 0) is 12.1 Å². The summed E-state index contributed by atoms with van der Waals surface area (Å²) in [6.45, 7) is 0. The van der Waals surface area contributed by atoms with Crippen molar-refractivity contribution in [2.75, 3.05) is 4.90 Å². The predicted octanol–water partition coefficient (Wildman–Crippen LogP) is 1.77. The third-order valence-electron chi connectivity index (χ3n) is 3.92. The Balaban J connectivity index is 0.00000110. The van der Waals surface area contributed by atoms with Gasteiger partial charge in [-0.2, -0.15) is 0 Å². The van der Waals surface area contributed by atoms with Gasteiger partial charge in [0.2, 0.25) is 11.8 Å². The van der Waals surface area contributed by atoms with E-state index in [9.17, 15) is 9.59 Å². The number of benzene rings is 1. The maximum absolute atomic E-state index is 12.4. The number of carbonyl (C=O) groups is 2. The molecule has 4 nitrogen and oxygen atoms in total. The van der Waals surface area contributed by atoms with Gasteiger partial charge in [-0.3, -0.25) is 9.59 Å². The smallest absolute Gasteiger partial charge is 0.240 e. The van der Waals surface area contributed by atoms with Gasteiger partial charge in [0, 0.05) is 0 Å². The third-order valence-corrected chi connectivity index (χ3v) is 3.92. The fourth-order valence-corrected chi connectivity index (χ4v) is 3.14. The van der Waals surface area contributed by atoms with E-state index < -0.39 is 0 Å². The summed E-state index contributed by atoms with van der Waals surface area (Å²) in [4.78, 5) is 26.1. The van der Waals surface area contributed by atoms with Crippen molar-refractivity contribution in [1.29, 1.82) is 0 Å². The summed E-state index contributed by atoms with van der Waals surface area (Å²) < 4.78 is 5.58. The van der Waals surface area contributed by atoms with E-state index in [0.717, 1.165) is 0 Å². The second-order valence-electron chi connectivity index (χ2n) is 4.85. The number of hydrogen-bond acceptors (Lipinski definition) is 3. The second kappa shape index (κ2) is 4.03. The van der Waals surface area contributed by atoms with E-state index >= 15 is 0 Å². The molecule has 3 aliphatic heterocycles. The van der Waals surface area contributed by atoms with E-state index in [2.05, 4.69) is 0 Å². The van der Waals surface area contributed by atoms with Crippen LogP contribution in [0.2, 0.25) is 0 Å². The maximum atomic E-state index is 12.4. The summed E-state index contributed by atoms with van der Waals surface area (Å²) in [5.41, 5.74) is 0.654. The van der Waals surface area contributed by atoms with Crippen molar-refractivity contribution in [3.8, 4) is 0 Å². The van der Waals surface area contributed by atoms with Crippen LogP contribution in [0.4, 0.5) is 5.69 Å². The predicted molar refractivity (Wildman–Crippen MR) is 70.4 cm³/mol. The molecule has 4 unspecified atom stereocenters. The Kier molecular flexibility index (Phi) is 2.57. The maximum Gasteiger partial charge on any atom is 0.240 e. The van der Waals surface area contributed by atoms with Gasteiger partial charge in [-0.15, -0.1) is 0 Å². The quantitative estimate of drug-likeness (QED) is 0.569. The van der Waals surface area contributed by atoms with Crippen molar-refractivity contribution >= 4 is 17.5 Å². The van der Waals surface area contributed by atoms with Crippen molar-refractivity contribution in [1.82, 2.24) is 0 Å². The number of amides is 2. The van der Waals surface area contributed by atoms with Gasteiger partial charge < -0.3 is 4.74 Å². The van der Waals surface area contributed by atoms with Crippen LogP contribution in [0.5, 0.6) is 0 Å². The number of nitrogens with zero attached hydrogens (tertiary/aromatic N) is 1. The lowest BCUT2D eigenvalue weighted by Crippen LogP contribution is -2.34. The van der Waals surface area contributed by atoms with Crippen LogP contribution < -0.4 is 4.90 Å². The summed E-state index contributed by atoms with van der Waals surface area (Å²) in [6.07, 6.45) is 3.35. The first-order valence-corrected chi connectivity index (χ1v) is 6.04. The minimum Gasteiger partial charge on any atom is -0.365 e. The zero-order valence-electron chi connectivity index (χ0n) is 9.52. The highest BCUT2D eigenvalue weighted by molar-refractivity contribution is 6.23. The highest BCUT2D eigenvalue weighted by Gasteiger charge is 2.60. The van der Waals surface area contributed by atoms with E-state index in [-0.39, 0.29) is 43.3 Å². The number of hydrogen-bond donors (Lipinski definition) is 0. The molecule has 0 saturated carbocycles. The van der Waals surface area contributed by atoms with Gasteiger partial charge in [0.1, 0.15) is 0 Å². The molecule has 3 aliphatic rings. The Labute approximate surface area is 111 Å². The largest absolute Gasteiger partial charge is 0.365 e. The Bertz CT molecular complexity index is 536. The first-order chi connectivity index (χ1) is 8.77. The fourth-order valence-electron chi connectivity index (χ4n) is 3.14. The first kappa shape index (κ1) is 12.1. The van der Waals surface area contributed by atoms with Gasteiger partial charge in [-0.25, -0.2) is 4.90 Å². The monoisotopic (exact) mass is 257 g/mol. The Morgan fingerprint density at radius 2 is 1.42 bits per heavy atom. The SMILES string of the molecule is C.O=C1C2C3C=CC(O3)C2C(=O)N1c1ccccc1. The van der Waals surface area contributed by atoms with Crippen LogP contribution in [0.1, 0.15) is 7.43 Å². The summed E-state index contributed by atoms with van der Waals surface area (Å²) in [5, 5.41) is 0.